The monoisotopic (exact) mass is 481 g/mol. The fraction of sp³-hybridized carbons (Fsp3) is 0.167. The molecular formula is C24H22IN2O-. The van der Waals surface area contributed by atoms with Crippen molar-refractivity contribution in [2.24, 2.45) is 4.99 Å². The summed E-state index contributed by atoms with van der Waals surface area (Å²) in [5.41, 5.74) is 6.29. The minimum absolute atomic E-state index is 0.0817. The Morgan fingerprint density at radius 1 is 0.964 bits per heavy atom. The molecule has 1 aromatic heterocycles. The van der Waals surface area contributed by atoms with Gasteiger partial charge in [-0.25, -0.2) is 0 Å². The number of aliphatic imine (C=N–C) groups is 1. The minimum atomic E-state index is 0.0817. The Bertz CT molecular complexity index is 1100. The number of benzene rings is 3. The van der Waals surface area contributed by atoms with E-state index in [1.165, 1.54) is 9.13 Å². The maximum atomic E-state index is 5.90. The first kappa shape index (κ1) is 18.9. The normalized spacial score (nSPS) is 12.0. The second kappa shape index (κ2) is 8.69. The van der Waals surface area contributed by atoms with Crippen LogP contribution in [0.2, 0.25) is 0 Å². The van der Waals surface area contributed by atoms with Gasteiger partial charge in [0.1, 0.15) is 0 Å². The van der Waals surface area contributed by atoms with Gasteiger partial charge in [-0.3, -0.25) is 4.99 Å². The fourth-order valence-corrected chi connectivity index (χ4v) is 4.24. The molecule has 0 saturated heterocycles. The summed E-state index contributed by atoms with van der Waals surface area (Å²) in [4.78, 5) is 11.6. The molecule has 0 aliphatic heterocycles. The van der Waals surface area contributed by atoms with Gasteiger partial charge < -0.3 is 0 Å². The number of aryl methyl sites for hydroxylation is 2. The molecule has 0 radical (unpaired) electrons. The van der Waals surface area contributed by atoms with E-state index >= 15 is 0 Å². The molecule has 0 fully saturated rings. The number of aromatic nitrogens is 1. The number of fused-ring (bicyclic) bond motifs is 1. The third kappa shape index (κ3) is 4.50. The van der Waals surface area contributed by atoms with Crippen LogP contribution >= 0.6 is 0 Å². The van der Waals surface area contributed by atoms with Crippen molar-refractivity contribution in [3.8, 4) is 0 Å². The van der Waals surface area contributed by atoms with Gasteiger partial charge in [-0.15, -0.1) is 0 Å². The predicted octanol–water partition coefficient (Wildman–Crippen LogP) is 2.64. The van der Waals surface area contributed by atoms with E-state index in [-0.39, 0.29) is 21.2 Å². The first-order valence-corrected chi connectivity index (χ1v) is 12.5. The second-order valence-corrected chi connectivity index (χ2v) is 8.96. The van der Waals surface area contributed by atoms with Gasteiger partial charge in [0.25, 0.3) is 0 Å². The van der Waals surface area contributed by atoms with Gasteiger partial charge in [-0.1, -0.05) is 18.2 Å². The number of halogens is 1. The van der Waals surface area contributed by atoms with E-state index in [0.717, 1.165) is 46.8 Å². The number of rotatable bonds is 6. The third-order valence-corrected chi connectivity index (χ3v) is 6.58. The molecule has 142 valence electrons. The van der Waals surface area contributed by atoms with Gasteiger partial charge in [0, 0.05) is 0 Å². The molecule has 0 saturated carbocycles. The fourth-order valence-electron chi connectivity index (χ4n) is 3.10. The molecule has 0 atom stereocenters. The van der Waals surface area contributed by atoms with Gasteiger partial charge in [-0.2, -0.15) is 0 Å². The van der Waals surface area contributed by atoms with Crippen LogP contribution in [0, 0.1) is 3.57 Å². The van der Waals surface area contributed by atoms with Crippen LogP contribution in [0.1, 0.15) is 23.9 Å². The summed E-state index contributed by atoms with van der Waals surface area (Å²) in [6, 6.07) is 25.0. The van der Waals surface area contributed by atoms with E-state index in [1.807, 2.05) is 43.3 Å². The zero-order chi connectivity index (χ0) is 19.3. The maximum absolute atomic E-state index is 5.90. The number of oxazole rings is 1. The first-order chi connectivity index (χ1) is 13.7. The first-order valence-electron chi connectivity index (χ1n) is 9.30. The van der Waals surface area contributed by atoms with Crippen LogP contribution in [0.5, 0.6) is 0 Å². The Morgan fingerprint density at radius 3 is 2.50 bits per heavy atom. The van der Waals surface area contributed by atoms with Gasteiger partial charge in [0.05, 0.1) is 5.69 Å². The van der Waals surface area contributed by atoms with Crippen molar-refractivity contribution in [2.45, 2.75) is 19.8 Å². The molecule has 3 aromatic carbocycles. The van der Waals surface area contributed by atoms with Gasteiger partial charge in [0.15, 0.2) is 0 Å². The van der Waals surface area contributed by atoms with Crippen molar-refractivity contribution >= 4 is 22.5 Å². The van der Waals surface area contributed by atoms with Crippen LogP contribution in [-0.2, 0) is 12.8 Å². The van der Waals surface area contributed by atoms with Crippen molar-refractivity contribution in [2.75, 3.05) is 4.93 Å². The molecule has 28 heavy (non-hydrogen) atoms. The number of hydrogen-bond acceptors (Lipinski definition) is 3. The second-order valence-electron chi connectivity index (χ2n) is 6.64. The standard InChI is InChI=1S/C24H22IN2O/c1-17(26-21-6-4-3-5-7-21)19-11-8-18(9-12-19)10-15-24-27-22-16-20(25-2)13-14-23(22)28-24/h3-9,11-14,16H,10,15H2,1-2H3/q-1. The van der Waals surface area contributed by atoms with Crippen LogP contribution < -0.4 is 21.2 Å². The molecule has 0 aliphatic carbocycles. The average molecular weight is 481 g/mol. The zero-order valence-electron chi connectivity index (χ0n) is 16.0. The molecule has 0 spiro atoms. The van der Waals surface area contributed by atoms with Crippen LogP contribution in [0.4, 0.5) is 5.69 Å². The molecule has 0 N–H and O–H groups in total. The number of alkyl halides is 1. The van der Waals surface area contributed by atoms with Gasteiger partial charge in [-0.05, 0) is 19.1 Å². The summed E-state index contributed by atoms with van der Waals surface area (Å²) >= 11 is 0.0817. The van der Waals surface area contributed by atoms with Crippen LogP contribution in [0.15, 0.2) is 82.2 Å². The Balaban J connectivity index is 1.43. The topological polar surface area (TPSA) is 38.4 Å². The SMILES string of the molecule is C[I-]c1ccc2oc(CCc3ccc(C(C)=Nc4ccccc4)cc3)nc2c1. The summed E-state index contributed by atoms with van der Waals surface area (Å²) in [6.45, 7) is 2.05. The van der Waals surface area contributed by atoms with Crippen LogP contribution in [-0.4, -0.2) is 15.6 Å². The third-order valence-electron chi connectivity index (χ3n) is 4.66. The van der Waals surface area contributed by atoms with Crippen LogP contribution in [0.25, 0.3) is 11.1 Å². The molecule has 0 bridgehead atoms. The Morgan fingerprint density at radius 2 is 1.75 bits per heavy atom. The Kier molecular flexibility index (Phi) is 5.86. The Labute approximate surface area is 175 Å². The molecule has 4 heteroatoms. The van der Waals surface area contributed by atoms with Crippen molar-refractivity contribution in [3.63, 3.8) is 0 Å². The molecule has 0 unspecified atom stereocenters. The predicted molar refractivity (Wildman–Crippen MR) is 111 cm³/mol. The molecule has 0 amide bonds. The summed E-state index contributed by atoms with van der Waals surface area (Å²) in [5, 5.41) is 0. The number of nitrogens with zero attached hydrogens (tertiary/aromatic N) is 2. The van der Waals surface area contributed by atoms with Gasteiger partial charge >= 0.3 is 128 Å². The van der Waals surface area contributed by atoms with E-state index in [1.54, 1.807) is 0 Å². The van der Waals surface area contributed by atoms with Gasteiger partial charge in [0.2, 0.25) is 0 Å². The van der Waals surface area contributed by atoms with Crippen molar-refractivity contribution in [1.82, 2.24) is 4.98 Å². The van der Waals surface area contributed by atoms with E-state index in [2.05, 4.69) is 51.3 Å². The summed E-state index contributed by atoms with van der Waals surface area (Å²) in [7, 11) is 0. The van der Waals surface area contributed by atoms with Crippen molar-refractivity contribution in [3.05, 3.63) is 93.4 Å². The molecule has 1 heterocycles. The molecular weight excluding hydrogens is 459 g/mol. The summed E-state index contributed by atoms with van der Waals surface area (Å²) in [5.74, 6) is 0.812. The van der Waals surface area contributed by atoms with E-state index in [4.69, 9.17) is 4.42 Å². The quantitative estimate of drug-likeness (QED) is 0.241. The molecule has 4 aromatic rings. The average Bonchev–Trinajstić information content (AvgIpc) is 3.15. The van der Waals surface area contributed by atoms with Crippen molar-refractivity contribution < 1.29 is 25.6 Å². The number of para-hydroxylation sites is 1. The zero-order valence-corrected chi connectivity index (χ0v) is 18.2. The van der Waals surface area contributed by atoms with Crippen molar-refractivity contribution in [1.29, 1.82) is 0 Å². The molecule has 3 nitrogen and oxygen atoms in total. The summed E-state index contributed by atoms with van der Waals surface area (Å²) < 4.78 is 7.30. The molecule has 0 aliphatic rings. The Hall–Kier alpha value is -2.47. The van der Waals surface area contributed by atoms with E-state index in [0.29, 0.717) is 0 Å². The van der Waals surface area contributed by atoms with E-state index in [9.17, 15) is 0 Å². The number of hydrogen-bond donors (Lipinski definition) is 0. The van der Waals surface area contributed by atoms with Crippen LogP contribution in [0.3, 0.4) is 0 Å². The molecule has 4 rings (SSSR count). The van der Waals surface area contributed by atoms with E-state index < -0.39 is 0 Å². The summed E-state index contributed by atoms with van der Waals surface area (Å²) in [6.07, 6.45) is 1.72.